The van der Waals surface area contributed by atoms with Crippen LogP contribution in [0.2, 0.25) is 0 Å². The fourth-order valence-electron chi connectivity index (χ4n) is 3.14. The molecule has 1 N–H and O–H groups in total. The summed E-state index contributed by atoms with van der Waals surface area (Å²) < 4.78 is 5.25. The number of rotatable bonds is 6. The Balaban J connectivity index is 0.00000280. The Bertz CT molecular complexity index is 741. The molecule has 1 aromatic carbocycles. The zero-order valence-electron chi connectivity index (χ0n) is 16.9. The third-order valence-electron chi connectivity index (χ3n) is 4.64. The molecule has 0 amide bonds. The van der Waals surface area contributed by atoms with Gasteiger partial charge in [0.2, 0.25) is 0 Å². The van der Waals surface area contributed by atoms with E-state index in [0.29, 0.717) is 6.54 Å². The lowest BCUT2D eigenvalue weighted by Gasteiger charge is -2.37. The average molecular weight is 515 g/mol. The fourth-order valence-corrected chi connectivity index (χ4v) is 3.87. The van der Waals surface area contributed by atoms with Crippen molar-refractivity contribution >= 4 is 47.0 Å². The van der Waals surface area contributed by atoms with Gasteiger partial charge in [0.25, 0.3) is 0 Å². The normalized spacial score (nSPS) is 14.6. The quantitative estimate of drug-likeness (QED) is 0.362. The van der Waals surface area contributed by atoms with E-state index in [1.807, 2.05) is 12.1 Å². The third-order valence-corrected chi connectivity index (χ3v) is 5.69. The number of hydrogen-bond acceptors (Lipinski definition) is 5. The van der Waals surface area contributed by atoms with E-state index >= 15 is 0 Å². The number of anilines is 1. The standard InChI is InChI=1S/C20H29N5OS.HI/c1-4-19-23-16(15-27-19)14-22-20(21-5-2)25-12-10-24(11-13-25)17-6-8-18(26-3)9-7-17;/h6-9,15H,4-5,10-14H2,1-3H3,(H,21,22);1H. The van der Waals surface area contributed by atoms with Crippen LogP contribution in [-0.4, -0.2) is 55.7 Å². The number of aryl methyl sites for hydroxylation is 1. The number of aliphatic imine (C=N–C) groups is 1. The van der Waals surface area contributed by atoms with E-state index in [1.165, 1.54) is 10.7 Å². The molecule has 8 heteroatoms. The predicted octanol–water partition coefficient (Wildman–Crippen LogP) is 3.62. The van der Waals surface area contributed by atoms with Gasteiger partial charge in [-0.25, -0.2) is 9.98 Å². The number of ether oxygens (including phenoxy) is 1. The molecule has 0 spiro atoms. The molecular formula is C20H30IN5OS. The van der Waals surface area contributed by atoms with Gasteiger partial charge in [-0.3, -0.25) is 0 Å². The van der Waals surface area contributed by atoms with Crippen LogP contribution in [0.25, 0.3) is 0 Å². The van der Waals surface area contributed by atoms with Gasteiger partial charge in [-0.05, 0) is 37.6 Å². The number of aromatic nitrogens is 1. The number of thiazole rings is 1. The predicted molar refractivity (Wildman–Crippen MR) is 129 cm³/mol. The van der Waals surface area contributed by atoms with Gasteiger partial charge in [0.1, 0.15) is 5.75 Å². The second-order valence-electron chi connectivity index (χ2n) is 6.43. The Morgan fingerprint density at radius 2 is 1.89 bits per heavy atom. The number of nitrogens with zero attached hydrogens (tertiary/aromatic N) is 4. The van der Waals surface area contributed by atoms with Crippen molar-refractivity contribution in [2.75, 3.05) is 44.7 Å². The summed E-state index contributed by atoms with van der Waals surface area (Å²) in [5.74, 6) is 1.88. The first-order valence-electron chi connectivity index (χ1n) is 9.59. The van der Waals surface area contributed by atoms with Gasteiger partial charge in [0.15, 0.2) is 5.96 Å². The Morgan fingerprint density at radius 1 is 1.18 bits per heavy atom. The summed E-state index contributed by atoms with van der Waals surface area (Å²) in [4.78, 5) is 14.2. The van der Waals surface area contributed by atoms with Gasteiger partial charge >= 0.3 is 0 Å². The number of hydrogen-bond donors (Lipinski definition) is 1. The van der Waals surface area contributed by atoms with Gasteiger partial charge in [-0.15, -0.1) is 35.3 Å². The van der Waals surface area contributed by atoms with Gasteiger partial charge in [0.05, 0.1) is 24.4 Å². The van der Waals surface area contributed by atoms with Crippen LogP contribution in [0.1, 0.15) is 24.5 Å². The summed E-state index contributed by atoms with van der Waals surface area (Å²) in [6, 6.07) is 8.29. The second kappa shape index (κ2) is 11.5. The molecule has 0 saturated carbocycles. The lowest BCUT2D eigenvalue weighted by atomic mass is 10.2. The fraction of sp³-hybridized carbons (Fsp3) is 0.500. The maximum atomic E-state index is 5.25. The molecule has 1 fully saturated rings. The maximum Gasteiger partial charge on any atom is 0.194 e. The van der Waals surface area contributed by atoms with E-state index in [9.17, 15) is 0 Å². The monoisotopic (exact) mass is 515 g/mol. The molecule has 1 aromatic heterocycles. The van der Waals surface area contributed by atoms with Crippen LogP contribution in [0.3, 0.4) is 0 Å². The highest BCUT2D eigenvalue weighted by Gasteiger charge is 2.20. The van der Waals surface area contributed by atoms with E-state index in [0.717, 1.165) is 56.5 Å². The molecule has 1 aliphatic heterocycles. The largest absolute Gasteiger partial charge is 0.497 e. The summed E-state index contributed by atoms with van der Waals surface area (Å²) >= 11 is 1.72. The molecule has 154 valence electrons. The maximum absolute atomic E-state index is 5.25. The van der Waals surface area contributed by atoms with Crippen LogP contribution in [0, 0.1) is 0 Å². The molecule has 1 aliphatic rings. The average Bonchev–Trinajstić information content (AvgIpc) is 3.19. The Kier molecular flexibility index (Phi) is 9.30. The lowest BCUT2D eigenvalue weighted by Crippen LogP contribution is -2.52. The topological polar surface area (TPSA) is 53.0 Å². The third kappa shape index (κ3) is 5.97. The Morgan fingerprint density at radius 3 is 2.46 bits per heavy atom. The molecule has 0 bridgehead atoms. The second-order valence-corrected chi connectivity index (χ2v) is 7.37. The molecule has 1 saturated heterocycles. The summed E-state index contributed by atoms with van der Waals surface area (Å²) in [5.41, 5.74) is 2.30. The zero-order chi connectivity index (χ0) is 19.1. The van der Waals surface area contributed by atoms with E-state index < -0.39 is 0 Å². The summed E-state index contributed by atoms with van der Waals surface area (Å²) in [6.45, 7) is 9.62. The van der Waals surface area contributed by atoms with E-state index in [1.54, 1.807) is 18.4 Å². The van der Waals surface area contributed by atoms with Crippen molar-refractivity contribution in [2.24, 2.45) is 4.99 Å². The molecule has 0 unspecified atom stereocenters. The molecule has 6 nitrogen and oxygen atoms in total. The number of halogens is 1. The van der Waals surface area contributed by atoms with Crippen LogP contribution in [0.4, 0.5) is 5.69 Å². The first-order chi connectivity index (χ1) is 13.2. The summed E-state index contributed by atoms with van der Waals surface area (Å²) in [7, 11) is 1.70. The van der Waals surface area contributed by atoms with Crippen molar-refractivity contribution in [3.05, 3.63) is 40.3 Å². The first-order valence-corrected chi connectivity index (χ1v) is 10.5. The molecule has 0 aliphatic carbocycles. The van der Waals surface area contributed by atoms with Crippen molar-refractivity contribution in [3.63, 3.8) is 0 Å². The number of methoxy groups -OCH3 is 1. The smallest absolute Gasteiger partial charge is 0.194 e. The highest BCUT2D eigenvalue weighted by molar-refractivity contribution is 14.0. The van der Waals surface area contributed by atoms with Crippen molar-refractivity contribution in [1.29, 1.82) is 0 Å². The SMILES string of the molecule is CCNC(=NCc1csc(CC)n1)N1CCN(c2ccc(OC)cc2)CC1.I. The van der Waals surface area contributed by atoms with Crippen LogP contribution < -0.4 is 15.0 Å². The Labute approximate surface area is 189 Å². The zero-order valence-corrected chi connectivity index (χ0v) is 20.0. The van der Waals surface area contributed by atoms with E-state index in [4.69, 9.17) is 9.73 Å². The highest BCUT2D eigenvalue weighted by atomic mass is 127. The van der Waals surface area contributed by atoms with E-state index in [-0.39, 0.29) is 24.0 Å². The van der Waals surface area contributed by atoms with Crippen LogP contribution in [0.15, 0.2) is 34.6 Å². The van der Waals surface area contributed by atoms with Gasteiger partial charge < -0.3 is 19.9 Å². The van der Waals surface area contributed by atoms with Gasteiger partial charge in [-0.2, -0.15) is 0 Å². The molecule has 0 radical (unpaired) electrons. The van der Waals surface area contributed by atoms with Gasteiger partial charge in [0, 0.05) is 43.8 Å². The molecule has 2 heterocycles. The first kappa shape index (κ1) is 22.7. The van der Waals surface area contributed by atoms with Crippen LogP contribution >= 0.6 is 35.3 Å². The lowest BCUT2D eigenvalue weighted by molar-refractivity contribution is 0.372. The van der Waals surface area contributed by atoms with Crippen LogP contribution in [-0.2, 0) is 13.0 Å². The minimum Gasteiger partial charge on any atom is -0.497 e. The molecular weight excluding hydrogens is 485 g/mol. The van der Waals surface area contributed by atoms with Crippen LogP contribution in [0.5, 0.6) is 5.75 Å². The minimum atomic E-state index is 0. The summed E-state index contributed by atoms with van der Waals surface area (Å²) in [5, 5.41) is 6.73. The number of guanidine groups is 1. The van der Waals surface area contributed by atoms with Crippen molar-refractivity contribution < 1.29 is 4.74 Å². The van der Waals surface area contributed by atoms with Crippen molar-refractivity contribution in [2.45, 2.75) is 26.8 Å². The van der Waals surface area contributed by atoms with E-state index in [2.05, 4.69) is 51.5 Å². The molecule has 0 atom stereocenters. The molecule has 2 aromatic rings. The number of nitrogens with one attached hydrogen (secondary N) is 1. The molecule has 28 heavy (non-hydrogen) atoms. The number of piperazine rings is 1. The van der Waals surface area contributed by atoms with Gasteiger partial charge in [-0.1, -0.05) is 6.92 Å². The Hall–Kier alpha value is -1.55. The summed E-state index contributed by atoms with van der Waals surface area (Å²) in [6.07, 6.45) is 0.988. The number of benzene rings is 1. The minimum absolute atomic E-state index is 0. The van der Waals surface area contributed by atoms with Crippen molar-refractivity contribution in [3.8, 4) is 5.75 Å². The highest BCUT2D eigenvalue weighted by Crippen LogP contribution is 2.20. The van der Waals surface area contributed by atoms with Crippen molar-refractivity contribution in [1.82, 2.24) is 15.2 Å². The molecule has 3 rings (SSSR count).